The van der Waals surface area contributed by atoms with Crippen LogP contribution in [0, 0.1) is 0 Å². The number of amides is 2. The van der Waals surface area contributed by atoms with Gasteiger partial charge < -0.3 is 20.1 Å². The van der Waals surface area contributed by atoms with Gasteiger partial charge in [0.1, 0.15) is 0 Å². The Hall–Kier alpha value is -2.88. The molecule has 0 spiro atoms. The third kappa shape index (κ3) is 4.26. The number of alkyl halides is 3. The number of ether oxygens (including phenoxy) is 2. The average molecular weight is 424 g/mol. The maximum absolute atomic E-state index is 12.8. The Balaban J connectivity index is 1.36. The van der Waals surface area contributed by atoms with E-state index in [-0.39, 0.29) is 31.4 Å². The number of hydrogen-bond donors (Lipinski definition) is 2. The zero-order valence-corrected chi connectivity index (χ0v) is 15.7. The summed E-state index contributed by atoms with van der Waals surface area (Å²) in [5.74, 6) is 0.405. The van der Waals surface area contributed by atoms with E-state index in [1.807, 2.05) is 0 Å². The third-order valence-corrected chi connectivity index (χ3v) is 5.70. The Morgan fingerprint density at radius 3 is 2.76 bits per heavy atom. The maximum Gasteiger partial charge on any atom is 0.416 e. The number of halogens is 3. The van der Waals surface area contributed by atoms with Gasteiger partial charge in [0, 0.05) is 17.9 Å². The lowest BCUT2D eigenvalue weighted by Gasteiger charge is -2.24. The van der Waals surface area contributed by atoms with E-state index in [1.54, 1.807) is 18.2 Å². The van der Waals surface area contributed by atoms with Crippen LogP contribution in [0.3, 0.4) is 0 Å². The molecule has 2 N–H and O–H groups in total. The molecule has 2 aliphatic rings. The van der Waals surface area contributed by atoms with Gasteiger partial charge in [0.2, 0.25) is 18.6 Å². The van der Waals surface area contributed by atoms with E-state index >= 15 is 0 Å². The summed E-state index contributed by atoms with van der Waals surface area (Å²) in [7, 11) is 0. The summed E-state index contributed by atoms with van der Waals surface area (Å²) in [6.45, 7) is 0.408. The fourth-order valence-corrected chi connectivity index (χ4v) is 4.04. The molecule has 29 heavy (non-hydrogen) atoms. The van der Waals surface area contributed by atoms with E-state index in [0.717, 1.165) is 29.5 Å². The van der Waals surface area contributed by atoms with Crippen molar-refractivity contribution in [3.63, 3.8) is 0 Å². The molecular weight excluding hydrogens is 409 g/mol. The highest BCUT2D eigenvalue weighted by atomic mass is 32.2. The molecule has 0 aliphatic carbocycles. The van der Waals surface area contributed by atoms with Crippen LogP contribution in [-0.4, -0.2) is 23.9 Å². The van der Waals surface area contributed by atoms with Crippen LogP contribution in [-0.2, 0) is 22.3 Å². The number of hydrogen-bond acceptors (Lipinski definition) is 5. The zero-order valence-electron chi connectivity index (χ0n) is 14.8. The van der Waals surface area contributed by atoms with Crippen LogP contribution in [0.2, 0.25) is 0 Å². The van der Waals surface area contributed by atoms with Gasteiger partial charge in [-0.2, -0.15) is 13.2 Å². The van der Waals surface area contributed by atoms with E-state index in [4.69, 9.17) is 9.47 Å². The Bertz CT molecular complexity index is 980. The molecule has 4 rings (SSSR count). The summed E-state index contributed by atoms with van der Waals surface area (Å²) < 4.78 is 49.0. The van der Waals surface area contributed by atoms with Crippen LogP contribution in [0.25, 0.3) is 0 Å². The molecule has 10 heteroatoms. The highest BCUT2D eigenvalue weighted by Crippen LogP contribution is 2.40. The monoisotopic (exact) mass is 424 g/mol. The fraction of sp³-hybridized carbons (Fsp3) is 0.263. The maximum atomic E-state index is 12.8. The molecule has 2 aliphatic heterocycles. The predicted molar refractivity (Wildman–Crippen MR) is 98.7 cm³/mol. The summed E-state index contributed by atoms with van der Waals surface area (Å²) in [6.07, 6.45) is -4.59. The number of thioether (sulfide) groups is 1. The van der Waals surface area contributed by atoms with Crippen LogP contribution in [0.4, 0.5) is 18.9 Å². The van der Waals surface area contributed by atoms with Gasteiger partial charge in [0.05, 0.1) is 16.5 Å². The van der Waals surface area contributed by atoms with E-state index in [9.17, 15) is 22.8 Å². The van der Waals surface area contributed by atoms with Crippen molar-refractivity contribution in [1.29, 1.82) is 0 Å². The van der Waals surface area contributed by atoms with E-state index in [2.05, 4.69) is 10.6 Å². The van der Waals surface area contributed by atoms with Gasteiger partial charge in [-0.1, -0.05) is 6.07 Å². The molecule has 0 aromatic heterocycles. The predicted octanol–water partition coefficient (Wildman–Crippen LogP) is 3.55. The molecule has 0 saturated carbocycles. The molecule has 2 heterocycles. The lowest BCUT2D eigenvalue weighted by Crippen LogP contribution is -2.34. The quantitative estimate of drug-likeness (QED) is 0.785. The molecule has 1 atom stereocenters. The first-order chi connectivity index (χ1) is 13.8. The van der Waals surface area contributed by atoms with Crippen LogP contribution < -0.4 is 20.1 Å². The number of anilines is 1. The second-order valence-corrected chi connectivity index (χ2v) is 7.72. The van der Waals surface area contributed by atoms with Crippen LogP contribution in [0.15, 0.2) is 41.3 Å². The topological polar surface area (TPSA) is 76.7 Å². The van der Waals surface area contributed by atoms with Crippen molar-refractivity contribution in [3.8, 4) is 11.5 Å². The Morgan fingerprint density at radius 1 is 1.17 bits per heavy atom. The standard InChI is InChI=1S/C19H15F3N2O4S/c20-19(21,22)11-2-4-15-12(6-11)24-18(26)16(29-15)7-17(25)23-8-10-1-3-13-14(5-10)28-9-27-13/h1-6,16H,7-9H2,(H,23,25)(H,24,26). The van der Waals surface area contributed by atoms with Gasteiger partial charge in [-0.15, -0.1) is 11.8 Å². The summed E-state index contributed by atoms with van der Waals surface area (Å²) >= 11 is 1.07. The van der Waals surface area contributed by atoms with Gasteiger partial charge in [0.25, 0.3) is 0 Å². The van der Waals surface area contributed by atoms with E-state index in [0.29, 0.717) is 16.4 Å². The lowest BCUT2D eigenvalue weighted by atomic mass is 10.1. The normalized spacial score (nSPS) is 17.5. The van der Waals surface area contributed by atoms with Crippen molar-refractivity contribution in [3.05, 3.63) is 47.5 Å². The van der Waals surface area contributed by atoms with Gasteiger partial charge in [-0.05, 0) is 35.9 Å². The molecule has 0 bridgehead atoms. The first-order valence-electron chi connectivity index (χ1n) is 8.63. The Labute approximate surface area is 167 Å². The largest absolute Gasteiger partial charge is 0.454 e. The first-order valence-corrected chi connectivity index (χ1v) is 9.51. The molecular formula is C19H15F3N2O4S. The van der Waals surface area contributed by atoms with Crippen LogP contribution >= 0.6 is 11.8 Å². The summed E-state index contributed by atoms with van der Waals surface area (Å²) in [4.78, 5) is 25.0. The molecule has 0 saturated heterocycles. The highest BCUT2D eigenvalue weighted by Gasteiger charge is 2.34. The molecule has 2 amide bonds. The summed E-state index contributed by atoms with van der Waals surface area (Å²) in [5.41, 5.74) is 0.0808. The summed E-state index contributed by atoms with van der Waals surface area (Å²) in [5, 5.41) is 4.47. The number of rotatable bonds is 4. The Kier molecular flexibility index (Phi) is 5.03. The molecule has 2 aromatic rings. The molecule has 152 valence electrons. The van der Waals surface area contributed by atoms with Crippen molar-refractivity contribution in [2.24, 2.45) is 0 Å². The number of fused-ring (bicyclic) bond motifs is 2. The van der Waals surface area contributed by atoms with Crippen molar-refractivity contribution >= 4 is 29.3 Å². The number of carbonyl (C=O) groups is 2. The third-order valence-electron chi connectivity index (χ3n) is 4.42. The minimum Gasteiger partial charge on any atom is -0.454 e. The first kappa shape index (κ1) is 19.4. The van der Waals surface area contributed by atoms with Crippen molar-refractivity contribution in [2.45, 2.75) is 29.3 Å². The van der Waals surface area contributed by atoms with Crippen molar-refractivity contribution in [2.75, 3.05) is 12.1 Å². The number of carbonyl (C=O) groups excluding carboxylic acids is 2. The van der Waals surface area contributed by atoms with E-state index in [1.165, 1.54) is 6.07 Å². The van der Waals surface area contributed by atoms with Crippen molar-refractivity contribution < 1.29 is 32.2 Å². The fourth-order valence-electron chi connectivity index (χ4n) is 2.95. The van der Waals surface area contributed by atoms with Crippen molar-refractivity contribution in [1.82, 2.24) is 5.32 Å². The second-order valence-electron chi connectivity index (χ2n) is 6.47. The van der Waals surface area contributed by atoms with E-state index < -0.39 is 22.9 Å². The molecule has 1 unspecified atom stereocenters. The molecule has 0 radical (unpaired) electrons. The minimum absolute atomic E-state index is 0.0957. The second kappa shape index (κ2) is 7.51. The lowest BCUT2D eigenvalue weighted by molar-refractivity contribution is -0.137. The summed E-state index contributed by atoms with van der Waals surface area (Å²) in [6, 6.07) is 8.47. The van der Waals surface area contributed by atoms with Gasteiger partial charge in [-0.3, -0.25) is 9.59 Å². The molecule has 0 fully saturated rings. The van der Waals surface area contributed by atoms with Gasteiger partial charge >= 0.3 is 6.18 Å². The Morgan fingerprint density at radius 2 is 1.97 bits per heavy atom. The van der Waals surface area contributed by atoms with Crippen LogP contribution in [0.1, 0.15) is 17.5 Å². The molecule has 6 nitrogen and oxygen atoms in total. The average Bonchev–Trinajstić information content (AvgIpc) is 3.13. The smallest absolute Gasteiger partial charge is 0.416 e. The number of benzene rings is 2. The van der Waals surface area contributed by atoms with Gasteiger partial charge in [0.15, 0.2) is 11.5 Å². The minimum atomic E-state index is -4.49. The highest BCUT2D eigenvalue weighted by molar-refractivity contribution is 8.01. The SMILES string of the molecule is O=C(CC1Sc2ccc(C(F)(F)F)cc2NC1=O)NCc1ccc2c(c1)OCO2. The number of nitrogens with one attached hydrogen (secondary N) is 2. The zero-order chi connectivity index (χ0) is 20.6. The van der Waals surface area contributed by atoms with Gasteiger partial charge in [-0.25, -0.2) is 0 Å². The van der Waals surface area contributed by atoms with Crippen LogP contribution in [0.5, 0.6) is 11.5 Å². The molecule has 2 aromatic carbocycles.